The summed E-state index contributed by atoms with van der Waals surface area (Å²) in [6, 6.07) is 11.3. The van der Waals surface area contributed by atoms with Crippen LogP contribution in [-0.2, 0) is 21.5 Å². The monoisotopic (exact) mass is 395 g/mol. The highest BCUT2D eigenvalue weighted by Gasteiger charge is 2.55. The molecule has 1 aromatic heterocycles. The Balaban J connectivity index is 1.37. The lowest BCUT2D eigenvalue weighted by Crippen LogP contribution is -2.44. The van der Waals surface area contributed by atoms with Crippen LogP contribution in [0.1, 0.15) is 41.3 Å². The molecule has 2 aliphatic heterocycles. The second-order valence-electron chi connectivity index (χ2n) is 7.64. The number of hydrogen-bond donors (Lipinski definition) is 1. The molecule has 2 saturated heterocycles. The molecular formula is C21H21N3O3S. The maximum atomic E-state index is 13.2. The van der Waals surface area contributed by atoms with Crippen LogP contribution in [0.4, 0.5) is 4.79 Å². The maximum absolute atomic E-state index is 13.2. The van der Waals surface area contributed by atoms with E-state index in [1.807, 2.05) is 46.7 Å². The number of nitrogens with one attached hydrogen (secondary N) is 1. The molecule has 5 rings (SSSR count). The normalized spacial score (nSPS) is 26.2. The number of benzene rings is 1. The van der Waals surface area contributed by atoms with Crippen molar-refractivity contribution in [3.8, 4) is 0 Å². The third kappa shape index (κ3) is 2.49. The van der Waals surface area contributed by atoms with Crippen molar-refractivity contribution < 1.29 is 14.4 Å². The zero-order chi connectivity index (χ0) is 19.3. The van der Waals surface area contributed by atoms with Crippen molar-refractivity contribution in [1.82, 2.24) is 15.1 Å². The average molecular weight is 395 g/mol. The lowest BCUT2D eigenvalue weighted by atomic mass is 9.92. The van der Waals surface area contributed by atoms with Gasteiger partial charge in [-0.1, -0.05) is 30.3 Å². The highest BCUT2D eigenvalue weighted by atomic mass is 32.1. The van der Waals surface area contributed by atoms with E-state index in [1.54, 1.807) is 11.3 Å². The van der Waals surface area contributed by atoms with E-state index in [-0.39, 0.29) is 24.4 Å². The first-order valence-electron chi connectivity index (χ1n) is 9.65. The van der Waals surface area contributed by atoms with Gasteiger partial charge < -0.3 is 10.2 Å². The molecule has 28 heavy (non-hydrogen) atoms. The molecule has 1 N–H and O–H groups in total. The molecule has 2 unspecified atom stereocenters. The van der Waals surface area contributed by atoms with Gasteiger partial charge in [0.1, 0.15) is 12.1 Å². The van der Waals surface area contributed by atoms with Gasteiger partial charge in [-0.05, 0) is 48.3 Å². The van der Waals surface area contributed by atoms with Crippen molar-refractivity contribution in [2.45, 2.75) is 37.3 Å². The molecule has 2 fully saturated rings. The van der Waals surface area contributed by atoms with E-state index in [4.69, 9.17) is 0 Å². The molecule has 7 heteroatoms. The molecule has 0 saturated carbocycles. The van der Waals surface area contributed by atoms with Crippen LogP contribution in [0.5, 0.6) is 0 Å². The predicted octanol–water partition coefficient (Wildman–Crippen LogP) is 2.81. The highest BCUT2D eigenvalue weighted by Crippen LogP contribution is 2.41. The molecule has 2 aromatic rings. The Hall–Kier alpha value is -2.67. The van der Waals surface area contributed by atoms with Gasteiger partial charge in [0.25, 0.3) is 5.91 Å². The summed E-state index contributed by atoms with van der Waals surface area (Å²) >= 11 is 1.64. The van der Waals surface area contributed by atoms with Gasteiger partial charge in [-0.15, -0.1) is 11.3 Å². The van der Waals surface area contributed by atoms with Crippen LogP contribution < -0.4 is 5.32 Å². The molecule has 144 valence electrons. The summed E-state index contributed by atoms with van der Waals surface area (Å²) in [7, 11) is 0. The van der Waals surface area contributed by atoms with Crippen molar-refractivity contribution in [3.63, 3.8) is 0 Å². The number of fused-ring (bicyclic) bond motifs is 2. The van der Waals surface area contributed by atoms with Crippen molar-refractivity contribution in [3.05, 3.63) is 57.8 Å². The van der Waals surface area contributed by atoms with Gasteiger partial charge in [0, 0.05) is 11.4 Å². The largest absolute Gasteiger partial charge is 0.333 e. The van der Waals surface area contributed by atoms with E-state index in [0.717, 1.165) is 40.2 Å². The first-order valence-corrected chi connectivity index (χ1v) is 10.5. The Kier molecular flexibility index (Phi) is 4.01. The van der Waals surface area contributed by atoms with Crippen molar-refractivity contribution in [2.75, 3.05) is 13.1 Å². The number of rotatable bonds is 3. The van der Waals surface area contributed by atoms with Crippen molar-refractivity contribution in [2.24, 2.45) is 0 Å². The summed E-state index contributed by atoms with van der Waals surface area (Å²) in [6.07, 6.45) is 3.15. The lowest BCUT2D eigenvalue weighted by molar-refractivity contribution is -0.139. The minimum Gasteiger partial charge on any atom is -0.333 e. The van der Waals surface area contributed by atoms with Crippen LogP contribution in [0.3, 0.4) is 0 Å². The molecule has 1 spiro atoms. The number of imide groups is 1. The van der Waals surface area contributed by atoms with Gasteiger partial charge in [-0.25, -0.2) is 4.79 Å². The van der Waals surface area contributed by atoms with Gasteiger partial charge in [-0.3, -0.25) is 14.5 Å². The topological polar surface area (TPSA) is 69.7 Å². The molecular weight excluding hydrogens is 374 g/mol. The standard InChI is InChI=1S/C21H21N3O3S/c25-18(23-11-3-7-16(23)17-8-4-12-28-17)13-24-19(26)21(22-20(24)27)10-9-14-5-1-2-6-15(14)21/h1-2,4-6,8,12,16H,3,7,9-11,13H2,(H,22,27). The number of urea groups is 1. The summed E-state index contributed by atoms with van der Waals surface area (Å²) in [5.41, 5.74) is 0.939. The fourth-order valence-electron chi connectivity index (χ4n) is 4.80. The van der Waals surface area contributed by atoms with Gasteiger partial charge in [0.05, 0.1) is 6.04 Å². The fourth-order valence-corrected chi connectivity index (χ4v) is 5.67. The van der Waals surface area contributed by atoms with Gasteiger partial charge in [-0.2, -0.15) is 0 Å². The van der Waals surface area contributed by atoms with Crippen LogP contribution >= 0.6 is 11.3 Å². The average Bonchev–Trinajstić information content (AvgIpc) is 3.47. The summed E-state index contributed by atoms with van der Waals surface area (Å²) in [4.78, 5) is 43.0. The Labute approximate surface area is 167 Å². The Morgan fingerprint density at radius 2 is 2.07 bits per heavy atom. The third-order valence-corrected chi connectivity index (χ3v) is 7.13. The molecule has 4 amide bonds. The zero-order valence-electron chi connectivity index (χ0n) is 15.4. The molecule has 0 bridgehead atoms. The number of hydrogen-bond acceptors (Lipinski definition) is 4. The number of nitrogens with zero attached hydrogens (tertiary/aromatic N) is 2. The number of thiophene rings is 1. The molecule has 1 aliphatic carbocycles. The highest BCUT2D eigenvalue weighted by molar-refractivity contribution is 7.10. The summed E-state index contributed by atoms with van der Waals surface area (Å²) in [5, 5.41) is 4.90. The molecule has 1 aromatic carbocycles. The maximum Gasteiger partial charge on any atom is 0.325 e. The van der Waals surface area contributed by atoms with Crippen LogP contribution in [0.2, 0.25) is 0 Å². The van der Waals surface area contributed by atoms with E-state index in [2.05, 4.69) is 5.32 Å². The lowest BCUT2D eigenvalue weighted by Gasteiger charge is -2.26. The van der Waals surface area contributed by atoms with E-state index in [9.17, 15) is 14.4 Å². The Morgan fingerprint density at radius 3 is 2.89 bits per heavy atom. The van der Waals surface area contributed by atoms with Gasteiger partial charge >= 0.3 is 6.03 Å². The molecule has 3 aliphatic rings. The fraction of sp³-hybridized carbons (Fsp3) is 0.381. The first-order chi connectivity index (χ1) is 13.6. The number of aryl methyl sites for hydroxylation is 1. The second kappa shape index (κ2) is 6.44. The summed E-state index contributed by atoms with van der Waals surface area (Å²) in [5.74, 6) is -0.467. The van der Waals surface area contributed by atoms with E-state index >= 15 is 0 Å². The number of carbonyl (C=O) groups is 3. The minimum atomic E-state index is -1.01. The molecule has 0 radical (unpaired) electrons. The molecule has 6 nitrogen and oxygen atoms in total. The van der Waals surface area contributed by atoms with Crippen LogP contribution in [-0.4, -0.2) is 40.7 Å². The summed E-state index contributed by atoms with van der Waals surface area (Å²) < 4.78 is 0. The molecule has 3 heterocycles. The quantitative estimate of drug-likeness (QED) is 0.813. The van der Waals surface area contributed by atoms with E-state index in [1.165, 1.54) is 0 Å². The smallest absolute Gasteiger partial charge is 0.325 e. The first kappa shape index (κ1) is 17.4. The van der Waals surface area contributed by atoms with Crippen molar-refractivity contribution in [1.29, 1.82) is 0 Å². The van der Waals surface area contributed by atoms with E-state index in [0.29, 0.717) is 13.0 Å². The zero-order valence-corrected chi connectivity index (χ0v) is 16.2. The second-order valence-corrected chi connectivity index (χ2v) is 8.62. The van der Waals surface area contributed by atoms with Crippen LogP contribution in [0, 0.1) is 0 Å². The Morgan fingerprint density at radius 1 is 1.21 bits per heavy atom. The third-order valence-electron chi connectivity index (χ3n) is 6.16. The van der Waals surface area contributed by atoms with E-state index < -0.39 is 11.6 Å². The van der Waals surface area contributed by atoms with Gasteiger partial charge in [0.15, 0.2) is 0 Å². The predicted molar refractivity (Wildman–Crippen MR) is 105 cm³/mol. The van der Waals surface area contributed by atoms with Crippen LogP contribution in [0.25, 0.3) is 0 Å². The number of carbonyl (C=O) groups excluding carboxylic acids is 3. The van der Waals surface area contributed by atoms with Crippen molar-refractivity contribution >= 4 is 29.2 Å². The SMILES string of the molecule is O=C1NC2(CCc3ccccc32)C(=O)N1CC(=O)N1CCCC1c1cccs1. The number of likely N-dealkylation sites (tertiary alicyclic amines) is 1. The number of amides is 4. The minimum absolute atomic E-state index is 0.0504. The van der Waals surface area contributed by atoms with Gasteiger partial charge in [0.2, 0.25) is 5.91 Å². The Bertz CT molecular complexity index is 958. The van der Waals surface area contributed by atoms with Crippen LogP contribution in [0.15, 0.2) is 41.8 Å². The summed E-state index contributed by atoms with van der Waals surface area (Å²) in [6.45, 7) is 0.468. The molecule has 2 atom stereocenters.